The Morgan fingerprint density at radius 1 is 1.12 bits per heavy atom. The lowest BCUT2D eigenvalue weighted by Gasteiger charge is -2.20. The molecule has 0 unspecified atom stereocenters. The van der Waals surface area contributed by atoms with Gasteiger partial charge in [-0.15, -0.1) is 0 Å². The van der Waals surface area contributed by atoms with Gasteiger partial charge in [-0.1, -0.05) is 25.1 Å². The van der Waals surface area contributed by atoms with Gasteiger partial charge >= 0.3 is 12.0 Å². The van der Waals surface area contributed by atoms with Gasteiger partial charge in [0.15, 0.2) is 12.7 Å². The molecule has 24 heavy (non-hydrogen) atoms. The predicted molar refractivity (Wildman–Crippen MR) is 88.5 cm³/mol. The minimum Gasteiger partial charge on any atom is -0.479 e. The molecule has 0 aliphatic carbocycles. The summed E-state index contributed by atoms with van der Waals surface area (Å²) < 4.78 is 10.4. The first-order chi connectivity index (χ1) is 11.2. The number of carbonyl (C=O) groups excluding carboxylic acids is 3. The zero-order valence-corrected chi connectivity index (χ0v) is 14.4. The molecule has 1 rings (SSSR count). The molecule has 1 aromatic carbocycles. The molecule has 7 nitrogen and oxygen atoms in total. The third kappa shape index (κ3) is 7.62. The van der Waals surface area contributed by atoms with Crippen molar-refractivity contribution < 1.29 is 23.9 Å². The second-order valence-corrected chi connectivity index (χ2v) is 6.19. The van der Waals surface area contributed by atoms with Gasteiger partial charge in [0.05, 0.1) is 0 Å². The van der Waals surface area contributed by atoms with E-state index in [4.69, 9.17) is 9.47 Å². The lowest BCUT2D eigenvalue weighted by atomic mass is 10.1. The first kappa shape index (κ1) is 19.5. The number of amides is 3. The largest absolute Gasteiger partial charge is 0.479 e. The number of urea groups is 1. The van der Waals surface area contributed by atoms with Crippen molar-refractivity contribution in [3.8, 4) is 5.75 Å². The van der Waals surface area contributed by atoms with Gasteiger partial charge in [-0.05, 0) is 39.3 Å². The van der Waals surface area contributed by atoms with Gasteiger partial charge < -0.3 is 14.8 Å². The molecule has 1 aromatic rings. The maximum atomic E-state index is 12.0. The maximum Gasteiger partial charge on any atom is 0.347 e. The van der Waals surface area contributed by atoms with Crippen LogP contribution in [0.1, 0.15) is 34.1 Å². The summed E-state index contributed by atoms with van der Waals surface area (Å²) in [4.78, 5) is 35.1. The van der Waals surface area contributed by atoms with Crippen molar-refractivity contribution in [2.75, 3.05) is 6.61 Å². The van der Waals surface area contributed by atoms with Gasteiger partial charge in [0.1, 0.15) is 5.75 Å². The van der Waals surface area contributed by atoms with Crippen molar-refractivity contribution in [1.82, 2.24) is 10.6 Å². The summed E-state index contributed by atoms with van der Waals surface area (Å²) in [6.45, 7) is 6.56. The van der Waals surface area contributed by atoms with Crippen LogP contribution < -0.4 is 15.4 Å². The SMILES string of the molecule is CC[C@@H](Oc1ccccc1)C(=O)OCC(=O)NC(=O)NC(C)(C)C. The number of ether oxygens (including phenoxy) is 2. The second kappa shape index (κ2) is 8.90. The Morgan fingerprint density at radius 2 is 1.75 bits per heavy atom. The van der Waals surface area contributed by atoms with Crippen molar-refractivity contribution in [2.45, 2.75) is 45.8 Å². The lowest BCUT2D eigenvalue weighted by Crippen LogP contribution is -2.49. The van der Waals surface area contributed by atoms with Crippen LogP contribution in [0.5, 0.6) is 5.75 Å². The van der Waals surface area contributed by atoms with Crippen LogP contribution in [0.2, 0.25) is 0 Å². The van der Waals surface area contributed by atoms with Crippen LogP contribution in [0.4, 0.5) is 4.79 Å². The lowest BCUT2D eigenvalue weighted by molar-refractivity contribution is -0.155. The van der Waals surface area contributed by atoms with Crippen LogP contribution in [0.15, 0.2) is 30.3 Å². The molecule has 132 valence electrons. The van der Waals surface area contributed by atoms with Gasteiger partial charge in [-0.25, -0.2) is 9.59 Å². The van der Waals surface area contributed by atoms with E-state index in [0.29, 0.717) is 12.2 Å². The Morgan fingerprint density at radius 3 is 2.29 bits per heavy atom. The molecule has 0 saturated heterocycles. The Labute approximate surface area is 141 Å². The van der Waals surface area contributed by atoms with Crippen LogP contribution in [0, 0.1) is 0 Å². The van der Waals surface area contributed by atoms with Crippen LogP contribution >= 0.6 is 0 Å². The minimum atomic E-state index is -0.816. The third-order valence-corrected chi connectivity index (χ3v) is 2.74. The highest BCUT2D eigenvalue weighted by Crippen LogP contribution is 2.13. The van der Waals surface area contributed by atoms with Gasteiger partial charge in [0, 0.05) is 5.54 Å². The molecule has 0 aliphatic rings. The summed E-state index contributed by atoms with van der Waals surface area (Å²) in [6.07, 6.45) is -0.427. The van der Waals surface area contributed by atoms with E-state index < -0.39 is 36.2 Å². The molecule has 0 aromatic heterocycles. The zero-order valence-electron chi connectivity index (χ0n) is 14.4. The molecule has 2 N–H and O–H groups in total. The normalized spacial score (nSPS) is 12.0. The van der Waals surface area contributed by atoms with Crippen LogP contribution in [0.3, 0.4) is 0 Å². The monoisotopic (exact) mass is 336 g/mol. The molecular weight excluding hydrogens is 312 g/mol. The fourth-order valence-corrected chi connectivity index (χ4v) is 1.73. The van der Waals surface area contributed by atoms with Gasteiger partial charge in [0.25, 0.3) is 5.91 Å². The number of para-hydroxylation sites is 1. The number of nitrogens with one attached hydrogen (secondary N) is 2. The van der Waals surface area contributed by atoms with E-state index in [1.807, 2.05) is 6.07 Å². The number of rotatable bonds is 6. The summed E-state index contributed by atoms with van der Waals surface area (Å²) in [5, 5.41) is 4.66. The first-order valence-electron chi connectivity index (χ1n) is 7.71. The van der Waals surface area contributed by atoms with E-state index in [2.05, 4.69) is 10.6 Å². The molecule has 0 radical (unpaired) electrons. The van der Waals surface area contributed by atoms with Crippen molar-refractivity contribution in [2.24, 2.45) is 0 Å². The summed E-state index contributed by atoms with van der Waals surface area (Å²) in [5.74, 6) is -0.831. The number of esters is 1. The highest BCUT2D eigenvalue weighted by atomic mass is 16.6. The Kier molecular flexibility index (Phi) is 7.23. The summed E-state index contributed by atoms with van der Waals surface area (Å²) >= 11 is 0. The number of hydrogen-bond acceptors (Lipinski definition) is 5. The van der Waals surface area contributed by atoms with E-state index in [1.54, 1.807) is 52.0 Å². The average molecular weight is 336 g/mol. The van der Waals surface area contributed by atoms with Crippen molar-refractivity contribution in [1.29, 1.82) is 0 Å². The molecule has 0 spiro atoms. The van der Waals surface area contributed by atoms with Gasteiger partial charge in [-0.3, -0.25) is 10.1 Å². The molecule has 0 bridgehead atoms. The summed E-state index contributed by atoms with van der Waals surface area (Å²) in [5.41, 5.74) is -0.474. The highest BCUT2D eigenvalue weighted by Gasteiger charge is 2.22. The number of benzene rings is 1. The minimum absolute atomic E-state index is 0.389. The highest BCUT2D eigenvalue weighted by molar-refractivity contribution is 5.95. The topological polar surface area (TPSA) is 93.7 Å². The molecule has 3 amide bonds. The number of hydrogen-bond donors (Lipinski definition) is 2. The number of imide groups is 1. The van der Waals surface area contributed by atoms with E-state index in [9.17, 15) is 14.4 Å². The molecule has 1 atom stereocenters. The standard InChI is InChI=1S/C17H24N2O5/c1-5-13(24-12-9-7-6-8-10-12)15(21)23-11-14(20)18-16(22)19-17(2,3)4/h6-10,13H,5,11H2,1-4H3,(H2,18,19,20,22)/t13-/m1/s1. The average Bonchev–Trinajstić information content (AvgIpc) is 2.49. The molecule has 0 heterocycles. The van der Waals surface area contributed by atoms with Crippen LogP contribution in [-0.2, 0) is 14.3 Å². The first-order valence-corrected chi connectivity index (χ1v) is 7.71. The third-order valence-electron chi connectivity index (χ3n) is 2.74. The molecular formula is C17H24N2O5. The maximum absolute atomic E-state index is 12.0. The molecule has 0 fully saturated rings. The Balaban J connectivity index is 2.43. The van der Waals surface area contributed by atoms with E-state index in [0.717, 1.165) is 0 Å². The quantitative estimate of drug-likeness (QED) is 0.775. The van der Waals surface area contributed by atoms with Gasteiger partial charge in [-0.2, -0.15) is 0 Å². The van der Waals surface area contributed by atoms with Crippen molar-refractivity contribution >= 4 is 17.9 Å². The number of carbonyl (C=O) groups is 3. The van der Waals surface area contributed by atoms with Crippen LogP contribution in [0.25, 0.3) is 0 Å². The van der Waals surface area contributed by atoms with E-state index >= 15 is 0 Å². The van der Waals surface area contributed by atoms with Crippen molar-refractivity contribution in [3.63, 3.8) is 0 Å². The fraction of sp³-hybridized carbons (Fsp3) is 0.471. The summed E-state index contributed by atoms with van der Waals surface area (Å²) in [7, 11) is 0. The van der Waals surface area contributed by atoms with Crippen molar-refractivity contribution in [3.05, 3.63) is 30.3 Å². The summed E-state index contributed by atoms with van der Waals surface area (Å²) in [6, 6.07) is 8.21. The molecule has 7 heteroatoms. The second-order valence-electron chi connectivity index (χ2n) is 6.19. The van der Waals surface area contributed by atoms with Gasteiger partial charge in [0.2, 0.25) is 0 Å². The fourth-order valence-electron chi connectivity index (χ4n) is 1.73. The van der Waals surface area contributed by atoms with E-state index in [1.165, 1.54) is 0 Å². The zero-order chi connectivity index (χ0) is 18.2. The van der Waals surface area contributed by atoms with Crippen LogP contribution in [-0.4, -0.2) is 36.2 Å². The molecule has 0 saturated carbocycles. The predicted octanol–water partition coefficient (Wildman–Crippen LogP) is 2.01. The van der Waals surface area contributed by atoms with E-state index in [-0.39, 0.29) is 0 Å². The molecule has 0 aliphatic heterocycles. The smallest absolute Gasteiger partial charge is 0.347 e. The Hall–Kier alpha value is -2.57. The Bertz CT molecular complexity index is 566.